The number of hydrogen-bond acceptors (Lipinski definition) is 6. The molecule has 0 N–H and O–H groups in total. The molecule has 0 unspecified atom stereocenters. The van der Waals surface area contributed by atoms with Gasteiger partial charge in [0, 0.05) is 43.6 Å². The summed E-state index contributed by atoms with van der Waals surface area (Å²) in [6.45, 7) is 2.59. The van der Waals surface area contributed by atoms with E-state index in [-0.39, 0.29) is 5.91 Å². The molecule has 1 fully saturated rings. The van der Waals surface area contributed by atoms with Crippen LogP contribution < -0.4 is 4.90 Å². The second-order valence-corrected chi connectivity index (χ2v) is 7.43. The second-order valence-electron chi connectivity index (χ2n) is 6.99. The molecule has 1 amide bonds. The lowest BCUT2D eigenvalue weighted by Crippen LogP contribution is -2.49. The molecule has 0 aliphatic carbocycles. The van der Waals surface area contributed by atoms with Gasteiger partial charge in [-0.1, -0.05) is 17.7 Å². The number of aromatic nitrogens is 5. The number of carbonyl (C=O) groups excluding carboxylic acids is 1. The van der Waals surface area contributed by atoms with Crippen molar-refractivity contribution in [2.24, 2.45) is 0 Å². The van der Waals surface area contributed by atoms with Crippen molar-refractivity contribution in [2.45, 2.75) is 0 Å². The van der Waals surface area contributed by atoms with Gasteiger partial charge >= 0.3 is 0 Å². The van der Waals surface area contributed by atoms with Gasteiger partial charge in [-0.05, 0) is 30.3 Å². The number of hydrogen-bond donors (Lipinski definition) is 0. The van der Waals surface area contributed by atoms with Gasteiger partial charge in [0.1, 0.15) is 12.1 Å². The summed E-state index contributed by atoms with van der Waals surface area (Å²) in [6.07, 6.45) is 6.60. The lowest BCUT2D eigenvalue weighted by molar-refractivity contribution is 0.0746. The Morgan fingerprint density at radius 3 is 2.63 bits per heavy atom. The van der Waals surface area contributed by atoms with E-state index in [0.717, 1.165) is 22.5 Å². The summed E-state index contributed by atoms with van der Waals surface area (Å²) in [5, 5.41) is 6.01. The maximum absolute atomic E-state index is 12.7. The predicted octanol–water partition coefficient (Wildman–Crippen LogP) is 2.83. The van der Waals surface area contributed by atoms with Crippen LogP contribution in [-0.4, -0.2) is 61.7 Å². The van der Waals surface area contributed by atoms with Crippen LogP contribution in [0.4, 0.5) is 5.82 Å². The van der Waals surface area contributed by atoms with Gasteiger partial charge in [0.25, 0.3) is 5.91 Å². The van der Waals surface area contributed by atoms with E-state index in [4.69, 9.17) is 11.6 Å². The van der Waals surface area contributed by atoms with Crippen molar-refractivity contribution in [1.82, 2.24) is 29.6 Å². The van der Waals surface area contributed by atoms with Gasteiger partial charge in [0.15, 0.2) is 5.65 Å². The van der Waals surface area contributed by atoms with E-state index < -0.39 is 0 Å². The summed E-state index contributed by atoms with van der Waals surface area (Å²) >= 11 is 6.13. The van der Waals surface area contributed by atoms with Gasteiger partial charge in [0.05, 0.1) is 22.8 Å². The van der Waals surface area contributed by atoms with Crippen LogP contribution in [0.2, 0.25) is 5.02 Å². The van der Waals surface area contributed by atoms with Crippen molar-refractivity contribution in [2.75, 3.05) is 31.1 Å². The minimum atomic E-state index is 0.00404. The number of rotatable bonds is 3. The Morgan fingerprint density at radius 1 is 1.00 bits per heavy atom. The topological polar surface area (TPSA) is 80.0 Å². The molecule has 8 nitrogen and oxygen atoms in total. The molecule has 1 saturated heterocycles. The zero-order chi connectivity index (χ0) is 20.5. The third kappa shape index (κ3) is 3.35. The molecule has 1 aromatic carbocycles. The fourth-order valence-corrected chi connectivity index (χ4v) is 3.86. The normalized spacial score (nSPS) is 14.3. The molecule has 5 rings (SSSR count). The lowest BCUT2D eigenvalue weighted by atomic mass is 10.2. The van der Waals surface area contributed by atoms with E-state index in [1.807, 2.05) is 29.2 Å². The standard InChI is InChI=1S/C21H18ClN7O/c22-16-4-1-5-17(11-16)29-20-18(13-26-29)19(24-14-25-20)27-7-9-28(10-8-27)21(30)15-3-2-6-23-12-15/h1-6,11-14H,7-10H2. The van der Waals surface area contributed by atoms with E-state index >= 15 is 0 Å². The molecule has 0 spiro atoms. The molecule has 0 atom stereocenters. The van der Waals surface area contributed by atoms with E-state index in [1.54, 1.807) is 41.7 Å². The van der Waals surface area contributed by atoms with Crippen LogP contribution in [0.25, 0.3) is 16.7 Å². The number of pyridine rings is 1. The molecular formula is C21H18ClN7O. The monoisotopic (exact) mass is 419 g/mol. The molecular weight excluding hydrogens is 402 g/mol. The Hall–Kier alpha value is -3.52. The van der Waals surface area contributed by atoms with Crippen LogP contribution >= 0.6 is 11.6 Å². The summed E-state index contributed by atoms with van der Waals surface area (Å²) in [7, 11) is 0. The third-order valence-electron chi connectivity index (χ3n) is 5.17. The minimum absolute atomic E-state index is 0.00404. The number of carbonyl (C=O) groups is 1. The van der Waals surface area contributed by atoms with Gasteiger partial charge in [-0.25, -0.2) is 14.6 Å². The lowest BCUT2D eigenvalue weighted by Gasteiger charge is -2.35. The average molecular weight is 420 g/mol. The second kappa shape index (κ2) is 7.72. The molecule has 0 radical (unpaired) electrons. The molecule has 0 bridgehead atoms. The van der Waals surface area contributed by atoms with Crippen molar-refractivity contribution < 1.29 is 4.79 Å². The van der Waals surface area contributed by atoms with Crippen LogP contribution in [0.3, 0.4) is 0 Å². The molecule has 0 saturated carbocycles. The van der Waals surface area contributed by atoms with Crippen LogP contribution in [-0.2, 0) is 0 Å². The molecule has 150 valence electrons. The van der Waals surface area contributed by atoms with Gasteiger partial charge in [-0.15, -0.1) is 0 Å². The smallest absolute Gasteiger partial charge is 0.255 e. The Balaban J connectivity index is 1.38. The SMILES string of the molecule is O=C(c1cccnc1)N1CCN(c2ncnc3c2cnn3-c2cccc(Cl)c2)CC1. The van der Waals surface area contributed by atoms with Crippen LogP contribution in [0.1, 0.15) is 10.4 Å². The van der Waals surface area contributed by atoms with Crippen molar-refractivity contribution in [3.63, 3.8) is 0 Å². The van der Waals surface area contributed by atoms with Crippen LogP contribution in [0.15, 0.2) is 61.3 Å². The Bertz CT molecular complexity index is 1200. The average Bonchev–Trinajstić information content (AvgIpc) is 3.24. The third-order valence-corrected chi connectivity index (χ3v) is 5.41. The van der Waals surface area contributed by atoms with Gasteiger partial charge in [0.2, 0.25) is 0 Å². The number of halogens is 1. The highest BCUT2D eigenvalue weighted by Crippen LogP contribution is 2.26. The molecule has 9 heteroatoms. The van der Waals surface area contributed by atoms with E-state index in [2.05, 4.69) is 25.0 Å². The summed E-state index contributed by atoms with van der Waals surface area (Å²) in [5.74, 6) is 0.825. The highest BCUT2D eigenvalue weighted by Gasteiger charge is 2.25. The first-order valence-electron chi connectivity index (χ1n) is 9.59. The van der Waals surface area contributed by atoms with Gasteiger partial charge < -0.3 is 9.80 Å². The Kier molecular flexibility index (Phi) is 4.76. The van der Waals surface area contributed by atoms with Crippen molar-refractivity contribution in [3.8, 4) is 5.69 Å². The van der Waals surface area contributed by atoms with Gasteiger partial charge in [-0.3, -0.25) is 9.78 Å². The van der Waals surface area contributed by atoms with Crippen LogP contribution in [0, 0.1) is 0 Å². The number of fused-ring (bicyclic) bond motifs is 1. The molecule has 1 aliphatic heterocycles. The molecule has 3 aromatic heterocycles. The summed E-state index contributed by atoms with van der Waals surface area (Å²) in [6, 6.07) is 11.1. The first kappa shape index (κ1) is 18.5. The minimum Gasteiger partial charge on any atom is -0.352 e. The fraction of sp³-hybridized carbons (Fsp3) is 0.190. The quantitative estimate of drug-likeness (QED) is 0.508. The number of nitrogens with zero attached hydrogens (tertiary/aromatic N) is 7. The number of piperazine rings is 1. The number of amides is 1. The zero-order valence-corrected chi connectivity index (χ0v) is 16.8. The molecule has 4 aromatic rings. The maximum Gasteiger partial charge on any atom is 0.255 e. The highest BCUT2D eigenvalue weighted by atomic mass is 35.5. The molecule has 1 aliphatic rings. The first-order chi connectivity index (χ1) is 14.7. The Morgan fingerprint density at radius 2 is 1.87 bits per heavy atom. The van der Waals surface area contributed by atoms with Crippen molar-refractivity contribution in [3.05, 3.63) is 71.9 Å². The van der Waals surface area contributed by atoms with E-state index in [1.165, 1.54) is 0 Å². The number of benzene rings is 1. The summed E-state index contributed by atoms with van der Waals surface area (Å²) in [5.41, 5.74) is 2.17. The van der Waals surface area contributed by atoms with E-state index in [0.29, 0.717) is 36.8 Å². The largest absolute Gasteiger partial charge is 0.352 e. The Labute approximate surface area is 177 Å². The van der Waals surface area contributed by atoms with Crippen molar-refractivity contribution >= 4 is 34.4 Å². The summed E-state index contributed by atoms with van der Waals surface area (Å²) < 4.78 is 1.76. The van der Waals surface area contributed by atoms with Crippen molar-refractivity contribution in [1.29, 1.82) is 0 Å². The number of anilines is 1. The zero-order valence-electron chi connectivity index (χ0n) is 16.0. The molecule has 30 heavy (non-hydrogen) atoms. The molecule has 4 heterocycles. The predicted molar refractivity (Wildman–Crippen MR) is 114 cm³/mol. The van der Waals surface area contributed by atoms with Gasteiger partial charge in [-0.2, -0.15) is 5.10 Å². The van der Waals surface area contributed by atoms with E-state index in [9.17, 15) is 4.79 Å². The maximum atomic E-state index is 12.7. The first-order valence-corrected chi connectivity index (χ1v) is 9.97. The summed E-state index contributed by atoms with van der Waals surface area (Å²) in [4.78, 5) is 29.7. The van der Waals surface area contributed by atoms with Crippen LogP contribution in [0.5, 0.6) is 0 Å². The highest BCUT2D eigenvalue weighted by molar-refractivity contribution is 6.30. The fourth-order valence-electron chi connectivity index (χ4n) is 3.67.